The summed E-state index contributed by atoms with van der Waals surface area (Å²) in [6.45, 7) is 9.09. The fourth-order valence-corrected chi connectivity index (χ4v) is 4.62. The summed E-state index contributed by atoms with van der Waals surface area (Å²) in [5.74, 6) is -0.988. The van der Waals surface area contributed by atoms with Crippen LogP contribution in [-0.4, -0.2) is 23.0 Å². The molecule has 0 aliphatic rings. The van der Waals surface area contributed by atoms with Gasteiger partial charge in [0.05, 0.1) is 0 Å². The molecule has 0 saturated heterocycles. The molecule has 2 heterocycles. The maximum absolute atomic E-state index is 12.9. The molecular weight excluding hydrogens is 446 g/mol. The first kappa shape index (κ1) is 24.3. The molecule has 2 aromatic carbocycles. The molecule has 4 aromatic rings. The van der Waals surface area contributed by atoms with E-state index in [2.05, 4.69) is 5.32 Å². The third kappa shape index (κ3) is 4.46. The molecule has 0 aliphatic carbocycles. The Balaban J connectivity index is 1.75. The second-order valence-corrected chi connectivity index (χ2v) is 9.27. The van der Waals surface area contributed by atoms with E-state index in [0.717, 1.165) is 38.8 Å². The highest BCUT2D eigenvalue weighted by Gasteiger charge is 2.24. The van der Waals surface area contributed by atoms with Gasteiger partial charge in [-0.1, -0.05) is 44.2 Å². The quantitative estimate of drug-likeness (QED) is 0.352. The fraction of sp³-hybridized carbons (Fsp3) is 0.321. The number of aryl methyl sites for hydroxylation is 3. The molecule has 0 bridgehead atoms. The van der Waals surface area contributed by atoms with Crippen LogP contribution in [0.25, 0.3) is 33.1 Å². The molecule has 7 nitrogen and oxygen atoms in total. The van der Waals surface area contributed by atoms with Crippen molar-refractivity contribution in [2.75, 3.05) is 0 Å². The number of fused-ring (bicyclic) bond motifs is 2. The van der Waals surface area contributed by atoms with Crippen LogP contribution in [0, 0.1) is 26.7 Å². The molecule has 182 valence electrons. The Morgan fingerprint density at radius 3 is 2.26 bits per heavy atom. The monoisotopic (exact) mass is 475 g/mol. The van der Waals surface area contributed by atoms with Crippen LogP contribution in [0.4, 0.5) is 0 Å². The van der Waals surface area contributed by atoms with Gasteiger partial charge in [0.1, 0.15) is 23.0 Å². The van der Waals surface area contributed by atoms with Crippen molar-refractivity contribution in [3.8, 4) is 11.1 Å². The fourth-order valence-electron chi connectivity index (χ4n) is 4.62. The third-order valence-corrected chi connectivity index (χ3v) is 6.55. The van der Waals surface area contributed by atoms with Gasteiger partial charge in [-0.05, 0) is 50.3 Å². The first-order valence-electron chi connectivity index (χ1n) is 11.7. The average Bonchev–Trinajstić information content (AvgIpc) is 3.14. The van der Waals surface area contributed by atoms with E-state index in [1.165, 1.54) is 0 Å². The number of nitrogens with one attached hydrogen (secondary N) is 1. The van der Waals surface area contributed by atoms with Crippen LogP contribution in [0.1, 0.15) is 42.7 Å². The number of hydrogen-bond donors (Lipinski definition) is 2. The predicted molar refractivity (Wildman–Crippen MR) is 135 cm³/mol. The lowest BCUT2D eigenvalue weighted by Gasteiger charge is -2.18. The molecule has 0 saturated carbocycles. The Kier molecular flexibility index (Phi) is 6.52. The van der Waals surface area contributed by atoms with E-state index >= 15 is 0 Å². The minimum Gasteiger partial charge on any atom is -0.480 e. The summed E-state index contributed by atoms with van der Waals surface area (Å²) < 4.78 is 11.8. The lowest BCUT2D eigenvalue weighted by molar-refractivity contribution is -0.143. The summed E-state index contributed by atoms with van der Waals surface area (Å²) >= 11 is 0. The van der Waals surface area contributed by atoms with E-state index in [1.54, 1.807) is 13.8 Å². The summed E-state index contributed by atoms with van der Waals surface area (Å²) in [6, 6.07) is 11.0. The van der Waals surface area contributed by atoms with Gasteiger partial charge in [-0.25, -0.2) is 9.59 Å². The zero-order valence-corrected chi connectivity index (χ0v) is 20.5. The molecule has 1 atom stereocenters. The van der Waals surface area contributed by atoms with E-state index in [9.17, 15) is 19.5 Å². The van der Waals surface area contributed by atoms with Crippen LogP contribution in [0.5, 0.6) is 0 Å². The number of carbonyl (C=O) groups is 2. The van der Waals surface area contributed by atoms with Crippen molar-refractivity contribution >= 4 is 33.8 Å². The number of aliphatic carboxylic acids is 1. The van der Waals surface area contributed by atoms with Gasteiger partial charge in [0.15, 0.2) is 0 Å². The zero-order chi connectivity index (χ0) is 25.4. The van der Waals surface area contributed by atoms with Crippen LogP contribution in [0.3, 0.4) is 0 Å². The van der Waals surface area contributed by atoms with E-state index in [-0.39, 0.29) is 18.8 Å². The number of hydrogen-bond acceptors (Lipinski definition) is 5. The van der Waals surface area contributed by atoms with Crippen molar-refractivity contribution in [3.05, 3.63) is 69.3 Å². The Labute approximate surface area is 202 Å². The molecule has 2 aromatic heterocycles. The number of amides is 1. The highest BCUT2D eigenvalue weighted by atomic mass is 16.4. The first-order valence-corrected chi connectivity index (χ1v) is 11.7. The largest absolute Gasteiger partial charge is 0.480 e. The average molecular weight is 476 g/mol. The van der Waals surface area contributed by atoms with Gasteiger partial charge >= 0.3 is 11.6 Å². The van der Waals surface area contributed by atoms with Crippen molar-refractivity contribution in [2.45, 2.75) is 53.5 Å². The molecule has 0 aliphatic heterocycles. The minimum atomic E-state index is -1.08. The maximum Gasteiger partial charge on any atom is 0.339 e. The second-order valence-electron chi connectivity index (χ2n) is 9.27. The van der Waals surface area contributed by atoms with Gasteiger partial charge in [-0.15, -0.1) is 0 Å². The number of carboxylic acids is 1. The molecule has 1 amide bonds. The first-order chi connectivity index (χ1) is 16.6. The van der Waals surface area contributed by atoms with E-state index < -0.39 is 23.5 Å². The molecular formula is C28H29NO6. The van der Waals surface area contributed by atoms with E-state index in [0.29, 0.717) is 16.7 Å². The Morgan fingerprint density at radius 1 is 0.971 bits per heavy atom. The molecule has 2 N–H and O–H groups in total. The summed E-state index contributed by atoms with van der Waals surface area (Å²) in [4.78, 5) is 36.7. The maximum atomic E-state index is 12.9. The van der Waals surface area contributed by atoms with Crippen LogP contribution < -0.4 is 10.9 Å². The predicted octanol–water partition coefficient (Wildman–Crippen LogP) is 5.29. The van der Waals surface area contributed by atoms with E-state index in [1.807, 2.05) is 57.2 Å². The minimum absolute atomic E-state index is 0.0189. The number of furan rings is 1. The topological polar surface area (TPSA) is 110 Å². The Morgan fingerprint density at radius 2 is 1.63 bits per heavy atom. The van der Waals surface area contributed by atoms with Crippen LogP contribution in [-0.2, 0) is 16.0 Å². The highest BCUT2D eigenvalue weighted by Crippen LogP contribution is 2.39. The van der Waals surface area contributed by atoms with Crippen molar-refractivity contribution in [3.63, 3.8) is 0 Å². The number of rotatable bonds is 7. The number of carboxylic acid groups (broad SMARTS) is 1. The molecule has 0 fully saturated rings. The SMILES string of the molecule is Cc1oc2c(C)c3oc(=O)c(CCC(=O)N[C@H](C(=O)O)C(C)C)c(C)c3cc2c1-c1ccccc1. The lowest BCUT2D eigenvalue weighted by atomic mass is 9.96. The van der Waals surface area contributed by atoms with Crippen LogP contribution in [0.15, 0.2) is 50.0 Å². The van der Waals surface area contributed by atoms with Gasteiger partial charge in [0, 0.05) is 33.9 Å². The zero-order valence-electron chi connectivity index (χ0n) is 20.5. The lowest BCUT2D eigenvalue weighted by Crippen LogP contribution is -2.44. The Bertz CT molecular complexity index is 1490. The van der Waals surface area contributed by atoms with Gasteiger partial charge in [-0.3, -0.25) is 4.79 Å². The van der Waals surface area contributed by atoms with Gasteiger partial charge < -0.3 is 19.3 Å². The summed E-state index contributed by atoms with van der Waals surface area (Å²) in [7, 11) is 0. The highest BCUT2D eigenvalue weighted by molar-refractivity contribution is 6.05. The Hall–Kier alpha value is -3.87. The molecule has 35 heavy (non-hydrogen) atoms. The van der Waals surface area contributed by atoms with Crippen LogP contribution >= 0.6 is 0 Å². The molecule has 0 radical (unpaired) electrons. The molecule has 0 spiro atoms. The van der Waals surface area contributed by atoms with Crippen molar-refractivity contribution in [2.24, 2.45) is 5.92 Å². The third-order valence-electron chi connectivity index (χ3n) is 6.55. The smallest absolute Gasteiger partial charge is 0.339 e. The summed E-state index contributed by atoms with van der Waals surface area (Å²) in [5.41, 5.74) is 4.56. The van der Waals surface area contributed by atoms with Crippen molar-refractivity contribution in [1.82, 2.24) is 5.32 Å². The number of carbonyl (C=O) groups excluding carboxylic acids is 1. The summed E-state index contributed by atoms with van der Waals surface area (Å²) in [5, 5.41) is 13.6. The summed E-state index contributed by atoms with van der Waals surface area (Å²) in [6.07, 6.45) is 0.127. The number of benzene rings is 2. The normalized spacial score (nSPS) is 12.4. The van der Waals surface area contributed by atoms with Crippen molar-refractivity contribution in [1.29, 1.82) is 0 Å². The second kappa shape index (κ2) is 9.41. The standard InChI is InChI=1S/C28H29NO6/c1-14(2)24(27(31)32)29-22(30)12-11-19-15(3)20-13-21-23(18-9-7-6-8-10-18)17(5)34-26(21)16(4)25(20)35-28(19)33/h6-10,13-14,24H,11-12H2,1-5H3,(H,29,30)(H,31,32)/t24-/m0/s1. The van der Waals surface area contributed by atoms with E-state index in [4.69, 9.17) is 8.83 Å². The van der Waals surface area contributed by atoms with Crippen molar-refractivity contribution < 1.29 is 23.5 Å². The van der Waals surface area contributed by atoms with Gasteiger partial charge in [0.25, 0.3) is 0 Å². The molecule has 7 heteroatoms. The van der Waals surface area contributed by atoms with Gasteiger partial charge in [0.2, 0.25) is 5.91 Å². The molecule has 0 unspecified atom stereocenters. The van der Waals surface area contributed by atoms with Gasteiger partial charge in [-0.2, -0.15) is 0 Å². The van der Waals surface area contributed by atoms with Crippen LogP contribution in [0.2, 0.25) is 0 Å². The molecule has 4 rings (SSSR count).